The molecule has 2 saturated carbocycles. The average Bonchev–Trinajstić information content (AvgIpc) is 3.73. The summed E-state index contributed by atoms with van der Waals surface area (Å²) in [7, 11) is 1.55. The van der Waals surface area contributed by atoms with Crippen LogP contribution in [0, 0.1) is 30.6 Å². The van der Waals surface area contributed by atoms with E-state index in [0.717, 1.165) is 29.3 Å². The lowest BCUT2D eigenvalue weighted by Crippen LogP contribution is -2.32. The summed E-state index contributed by atoms with van der Waals surface area (Å²) in [6.07, 6.45) is 2.01. The molecule has 2 bridgehead atoms. The minimum Gasteiger partial charge on any atom is -0.497 e. The van der Waals surface area contributed by atoms with Crippen LogP contribution in [0.4, 0.5) is 5.69 Å². The summed E-state index contributed by atoms with van der Waals surface area (Å²) in [4.78, 5) is 59.6. The first-order valence-corrected chi connectivity index (χ1v) is 15.9. The van der Waals surface area contributed by atoms with Crippen LogP contribution in [-0.4, -0.2) is 41.8 Å². The van der Waals surface area contributed by atoms with Crippen molar-refractivity contribution >= 4 is 56.1 Å². The Kier molecular flexibility index (Phi) is 7.31. The van der Waals surface area contributed by atoms with Crippen molar-refractivity contribution in [2.24, 2.45) is 23.7 Å². The lowest BCUT2D eigenvalue weighted by Gasteiger charge is -2.19. The number of amides is 2. The van der Waals surface area contributed by atoms with Gasteiger partial charge < -0.3 is 9.47 Å². The van der Waals surface area contributed by atoms with Gasteiger partial charge in [0.1, 0.15) is 5.75 Å². The number of aryl methyl sites for hydroxylation is 1. The van der Waals surface area contributed by atoms with Gasteiger partial charge in [-0.15, -0.1) is 0 Å². The number of hydrogen-bond acceptors (Lipinski definition) is 7. The van der Waals surface area contributed by atoms with Crippen molar-refractivity contribution in [3.63, 3.8) is 0 Å². The van der Waals surface area contributed by atoms with Gasteiger partial charge in [-0.3, -0.25) is 19.3 Å². The van der Waals surface area contributed by atoms with Gasteiger partial charge in [-0.1, -0.05) is 28.1 Å². The Labute approximate surface area is 268 Å². The average molecular weight is 668 g/mol. The maximum atomic E-state index is 13.6. The summed E-state index contributed by atoms with van der Waals surface area (Å²) >= 11 is 3.52. The fourth-order valence-electron chi connectivity index (χ4n) is 7.49. The zero-order chi connectivity index (χ0) is 31.6. The fourth-order valence-corrected chi connectivity index (χ4v) is 8.06. The number of Topliss-reactive ketones (excluding diaryl/α,β-unsaturated/α-hetero) is 1. The maximum Gasteiger partial charge on any atom is 0.339 e. The number of pyridine rings is 1. The zero-order valence-electron chi connectivity index (χ0n) is 25.1. The van der Waals surface area contributed by atoms with Crippen LogP contribution in [0.1, 0.15) is 52.5 Å². The number of rotatable bonds is 7. The number of methoxy groups -OCH3 is 1. The predicted octanol–water partition coefficient (Wildman–Crippen LogP) is 6.95. The topological polar surface area (TPSA) is 103 Å². The number of halogens is 1. The number of benzene rings is 3. The molecule has 0 N–H and O–H groups in total. The van der Waals surface area contributed by atoms with Crippen LogP contribution < -0.4 is 9.64 Å². The van der Waals surface area contributed by atoms with Gasteiger partial charge in [-0.2, -0.15) is 0 Å². The van der Waals surface area contributed by atoms with E-state index in [0.29, 0.717) is 51.0 Å². The molecule has 2 amide bonds. The quantitative estimate of drug-likeness (QED) is 0.120. The minimum absolute atomic E-state index is 0.0849. The Hall–Kier alpha value is -4.37. The molecule has 7 rings (SSSR count). The molecule has 0 radical (unpaired) electrons. The van der Waals surface area contributed by atoms with Gasteiger partial charge >= 0.3 is 5.97 Å². The highest BCUT2D eigenvalue weighted by Crippen LogP contribution is 2.56. The van der Waals surface area contributed by atoms with E-state index in [-0.39, 0.29) is 35.0 Å². The Balaban J connectivity index is 1.19. The number of carbonyl (C=O) groups excluding carboxylic acids is 4. The molecule has 4 aromatic rings. The van der Waals surface area contributed by atoms with Crippen LogP contribution in [0.25, 0.3) is 22.2 Å². The van der Waals surface area contributed by atoms with Gasteiger partial charge in [-0.25, -0.2) is 9.78 Å². The normalized spacial score (nSPS) is 22.5. The van der Waals surface area contributed by atoms with Crippen LogP contribution in [0.5, 0.6) is 5.75 Å². The number of carbonyl (C=O) groups is 4. The summed E-state index contributed by atoms with van der Waals surface area (Å²) in [5.41, 5.74) is 3.92. The van der Waals surface area contributed by atoms with Gasteiger partial charge in [0.2, 0.25) is 17.6 Å². The first-order valence-electron chi connectivity index (χ1n) is 15.1. The second-order valence-corrected chi connectivity index (χ2v) is 13.2. The second-order valence-electron chi connectivity index (χ2n) is 12.3. The molecule has 3 aliphatic rings. The zero-order valence-corrected chi connectivity index (χ0v) is 26.7. The largest absolute Gasteiger partial charge is 0.497 e. The lowest BCUT2D eigenvalue weighted by atomic mass is 9.81. The first kappa shape index (κ1) is 29.3. The molecule has 1 aliphatic heterocycles. The standard InChI is InChI=1S/C36H31BrN2O6/c1-18-14-24(37)16-27-28(36(43)45-19(2)33(40)21-8-12-26(44-3)13-9-21)17-29(38-32(18)27)20-6-10-25(11-7-20)39-34(41)30-22-4-5-23(15-22)31(30)35(39)42/h6-14,16-17,19,22-23,30-31H,4-5,15H2,1-3H3. The smallest absolute Gasteiger partial charge is 0.339 e. The third-order valence-corrected chi connectivity index (χ3v) is 10.1. The van der Waals surface area contributed by atoms with E-state index in [2.05, 4.69) is 15.9 Å². The molecule has 3 fully saturated rings. The van der Waals surface area contributed by atoms with E-state index in [1.807, 2.05) is 31.2 Å². The molecule has 2 aliphatic carbocycles. The highest BCUT2D eigenvalue weighted by Gasteiger charge is 2.61. The Morgan fingerprint density at radius 1 is 0.933 bits per heavy atom. The van der Waals surface area contributed by atoms with Crippen LogP contribution >= 0.6 is 15.9 Å². The Morgan fingerprint density at radius 2 is 1.58 bits per heavy atom. The van der Waals surface area contributed by atoms with Crippen LogP contribution in [0.3, 0.4) is 0 Å². The number of nitrogens with zero attached hydrogens (tertiary/aromatic N) is 2. The summed E-state index contributed by atoms with van der Waals surface area (Å²) in [6, 6.07) is 19.2. The van der Waals surface area contributed by atoms with E-state index < -0.39 is 12.1 Å². The van der Waals surface area contributed by atoms with Crippen molar-refractivity contribution in [2.75, 3.05) is 12.0 Å². The molecule has 3 aromatic carbocycles. The Bertz CT molecular complexity index is 1860. The van der Waals surface area contributed by atoms with Crippen LogP contribution in [0.2, 0.25) is 0 Å². The van der Waals surface area contributed by atoms with Gasteiger partial charge in [0.05, 0.1) is 41.4 Å². The number of fused-ring (bicyclic) bond motifs is 6. The van der Waals surface area contributed by atoms with Crippen molar-refractivity contribution in [1.82, 2.24) is 4.98 Å². The SMILES string of the molecule is COc1ccc(C(=O)C(C)OC(=O)c2cc(-c3ccc(N4C(=O)C5C6CCC(C6)C5C4=O)cc3)nc3c(C)cc(Br)cc23)cc1. The van der Waals surface area contributed by atoms with Crippen LogP contribution in [-0.2, 0) is 14.3 Å². The molecule has 1 saturated heterocycles. The highest BCUT2D eigenvalue weighted by atomic mass is 79.9. The minimum atomic E-state index is -1.03. The fraction of sp³-hybridized carbons (Fsp3) is 0.306. The van der Waals surface area contributed by atoms with Gasteiger partial charge in [0.15, 0.2) is 6.10 Å². The summed E-state index contributed by atoms with van der Waals surface area (Å²) in [5.74, 6) is -0.273. The predicted molar refractivity (Wildman–Crippen MR) is 172 cm³/mol. The van der Waals surface area contributed by atoms with Crippen molar-refractivity contribution in [3.8, 4) is 17.0 Å². The third-order valence-electron chi connectivity index (χ3n) is 9.66. The second kappa shape index (κ2) is 11.2. The van der Waals surface area contributed by atoms with E-state index in [1.54, 1.807) is 56.5 Å². The number of imide groups is 1. The number of hydrogen-bond donors (Lipinski definition) is 0. The molecule has 0 spiro atoms. The number of ketones is 1. The van der Waals surface area contributed by atoms with Gasteiger partial charge in [0.25, 0.3) is 0 Å². The molecule has 228 valence electrons. The highest BCUT2D eigenvalue weighted by molar-refractivity contribution is 9.10. The van der Waals surface area contributed by atoms with Gasteiger partial charge in [0, 0.05) is 21.0 Å². The molecular formula is C36H31BrN2O6. The third kappa shape index (κ3) is 4.94. The first-order chi connectivity index (χ1) is 21.6. The molecule has 8 nitrogen and oxygen atoms in total. The number of aromatic nitrogens is 1. The molecule has 5 unspecified atom stereocenters. The maximum absolute atomic E-state index is 13.6. The number of esters is 1. The molecule has 45 heavy (non-hydrogen) atoms. The summed E-state index contributed by atoms with van der Waals surface area (Å²) < 4.78 is 11.7. The van der Waals surface area contributed by atoms with E-state index in [1.165, 1.54) is 4.90 Å². The monoisotopic (exact) mass is 666 g/mol. The molecule has 5 atom stereocenters. The Morgan fingerprint density at radius 3 is 2.20 bits per heavy atom. The summed E-state index contributed by atoms with van der Waals surface area (Å²) in [6.45, 7) is 3.46. The van der Waals surface area contributed by atoms with Crippen molar-refractivity contribution in [1.29, 1.82) is 0 Å². The van der Waals surface area contributed by atoms with Crippen molar-refractivity contribution < 1.29 is 28.7 Å². The van der Waals surface area contributed by atoms with E-state index in [4.69, 9.17) is 14.5 Å². The van der Waals surface area contributed by atoms with Crippen molar-refractivity contribution in [3.05, 3.63) is 87.9 Å². The van der Waals surface area contributed by atoms with E-state index >= 15 is 0 Å². The molecule has 9 heteroatoms. The summed E-state index contributed by atoms with van der Waals surface area (Å²) in [5, 5.41) is 0.589. The molecule has 2 heterocycles. The van der Waals surface area contributed by atoms with Gasteiger partial charge in [-0.05, 0) is 105 Å². The van der Waals surface area contributed by atoms with E-state index in [9.17, 15) is 19.2 Å². The number of ether oxygens (including phenoxy) is 2. The van der Waals surface area contributed by atoms with Crippen molar-refractivity contribution in [2.45, 2.75) is 39.2 Å². The lowest BCUT2D eigenvalue weighted by molar-refractivity contribution is -0.123. The molecule has 1 aromatic heterocycles. The molecular weight excluding hydrogens is 636 g/mol. The van der Waals surface area contributed by atoms with Crippen LogP contribution in [0.15, 0.2) is 71.2 Å². The number of anilines is 1.